The van der Waals surface area contributed by atoms with E-state index < -0.39 is 11.9 Å². The Morgan fingerprint density at radius 2 is 2.26 bits per heavy atom. The van der Waals surface area contributed by atoms with Crippen LogP contribution >= 0.6 is 0 Å². The molecule has 1 unspecified atom stereocenters. The summed E-state index contributed by atoms with van der Waals surface area (Å²) in [5.41, 5.74) is 1.73. The van der Waals surface area contributed by atoms with Crippen molar-refractivity contribution in [1.82, 2.24) is 9.78 Å². The van der Waals surface area contributed by atoms with Crippen molar-refractivity contribution in [3.8, 4) is 6.07 Å². The molecule has 1 aromatic heterocycles. The Bertz CT molecular complexity index is 640. The van der Waals surface area contributed by atoms with Gasteiger partial charge in [0.2, 0.25) is 0 Å². The lowest BCUT2D eigenvalue weighted by Gasteiger charge is -2.06. The van der Waals surface area contributed by atoms with Crippen LogP contribution in [0, 0.1) is 17.2 Å². The van der Waals surface area contributed by atoms with E-state index in [1.807, 2.05) is 37.4 Å². The smallest absolute Gasteiger partial charge is 0.323 e. The van der Waals surface area contributed by atoms with Gasteiger partial charge in [0.1, 0.15) is 5.92 Å². The molecular formula is C14H15N3O2. The maximum absolute atomic E-state index is 11.6. The maximum atomic E-state index is 11.6. The van der Waals surface area contributed by atoms with E-state index in [-0.39, 0.29) is 13.0 Å². The fourth-order valence-electron chi connectivity index (χ4n) is 2.06. The second kappa shape index (κ2) is 5.53. The molecule has 5 nitrogen and oxygen atoms in total. The first kappa shape index (κ1) is 13.1. The number of nitrogens with zero attached hydrogens (tertiary/aromatic N) is 3. The lowest BCUT2D eigenvalue weighted by atomic mass is 10.0. The highest BCUT2D eigenvalue weighted by Crippen LogP contribution is 2.20. The first-order valence-corrected chi connectivity index (χ1v) is 6.14. The molecule has 0 aliphatic heterocycles. The first-order chi connectivity index (χ1) is 9.17. The molecule has 19 heavy (non-hydrogen) atoms. The molecule has 5 heteroatoms. The molecule has 0 aliphatic rings. The summed E-state index contributed by atoms with van der Waals surface area (Å²) >= 11 is 0. The number of carbonyl (C=O) groups is 1. The van der Waals surface area contributed by atoms with Crippen molar-refractivity contribution in [1.29, 1.82) is 5.26 Å². The zero-order chi connectivity index (χ0) is 13.8. The van der Waals surface area contributed by atoms with E-state index in [1.54, 1.807) is 11.6 Å². The van der Waals surface area contributed by atoms with E-state index in [1.165, 1.54) is 0 Å². The molecule has 1 heterocycles. The van der Waals surface area contributed by atoms with Crippen LogP contribution in [-0.2, 0) is 23.0 Å². The number of para-hydroxylation sites is 1. The summed E-state index contributed by atoms with van der Waals surface area (Å²) in [6.07, 6.45) is 0.274. The fourth-order valence-corrected chi connectivity index (χ4v) is 2.06. The van der Waals surface area contributed by atoms with Gasteiger partial charge in [-0.2, -0.15) is 10.4 Å². The Morgan fingerprint density at radius 3 is 2.95 bits per heavy atom. The molecule has 0 N–H and O–H groups in total. The summed E-state index contributed by atoms with van der Waals surface area (Å²) in [6, 6.07) is 9.73. The van der Waals surface area contributed by atoms with Crippen molar-refractivity contribution in [2.75, 3.05) is 6.61 Å². The summed E-state index contributed by atoms with van der Waals surface area (Å²) in [5, 5.41) is 14.4. The fraction of sp³-hybridized carbons (Fsp3) is 0.357. The average molecular weight is 257 g/mol. The van der Waals surface area contributed by atoms with Crippen molar-refractivity contribution in [2.45, 2.75) is 13.3 Å². The van der Waals surface area contributed by atoms with Gasteiger partial charge in [-0.25, -0.2) is 0 Å². The summed E-state index contributed by atoms with van der Waals surface area (Å²) in [4.78, 5) is 11.6. The van der Waals surface area contributed by atoms with Gasteiger partial charge in [0, 0.05) is 18.9 Å². The third-order valence-electron chi connectivity index (χ3n) is 2.96. The molecule has 98 valence electrons. The first-order valence-electron chi connectivity index (χ1n) is 6.14. The monoisotopic (exact) mass is 257 g/mol. The van der Waals surface area contributed by atoms with Crippen LogP contribution in [0.5, 0.6) is 0 Å². The molecule has 0 radical (unpaired) electrons. The number of esters is 1. The highest BCUT2D eigenvalue weighted by molar-refractivity contribution is 5.83. The molecule has 0 fully saturated rings. The minimum absolute atomic E-state index is 0.274. The SMILES string of the molecule is CCOC(=O)C(C#N)Cc1nn(C)c2ccccc12. The third kappa shape index (κ3) is 2.58. The number of rotatable bonds is 4. The Kier molecular flexibility index (Phi) is 3.81. The number of aryl methyl sites for hydroxylation is 1. The van der Waals surface area contributed by atoms with Crippen molar-refractivity contribution in [3.05, 3.63) is 30.0 Å². The van der Waals surface area contributed by atoms with Crippen LogP contribution in [0.1, 0.15) is 12.6 Å². The molecule has 0 saturated heterocycles. The maximum Gasteiger partial charge on any atom is 0.323 e. The van der Waals surface area contributed by atoms with Crippen LogP contribution in [-0.4, -0.2) is 22.4 Å². The number of fused-ring (bicyclic) bond motifs is 1. The second-order valence-corrected chi connectivity index (χ2v) is 4.23. The standard InChI is InChI=1S/C14H15N3O2/c1-3-19-14(18)10(9-15)8-12-11-6-4-5-7-13(11)17(2)16-12/h4-7,10H,3,8H2,1-2H3. The molecule has 0 spiro atoms. The van der Waals surface area contributed by atoms with E-state index in [4.69, 9.17) is 10.00 Å². The second-order valence-electron chi connectivity index (χ2n) is 4.23. The zero-order valence-electron chi connectivity index (χ0n) is 11.0. The molecule has 2 aromatic rings. The summed E-state index contributed by atoms with van der Waals surface area (Å²) in [7, 11) is 1.84. The predicted octanol–water partition coefficient (Wildman–Crippen LogP) is 1.82. The Morgan fingerprint density at radius 1 is 1.53 bits per heavy atom. The number of ether oxygens (including phenoxy) is 1. The van der Waals surface area contributed by atoms with Gasteiger partial charge in [0.25, 0.3) is 0 Å². The van der Waals surface area contributed by atoms with Gasteiger partial charge in [-0.15, -0.1) is 0 Å². The van der Waals surface area contributed by atoms with Crippen LogP contribution in [0.15, 0.2) is 24.3 Å². The molecule has 2 rings (SSSR count). The van der Waals surface area contributed by atoms with Gasteiger partial charge in [0.15, 0.2) is 0 Å². The number of aromatic nitrogens is 2. The van der Waals surface area contributed by atoms with Gasteiger partial charge in [0.05, 0.1) is 23.9 Å². The number of hydrogen-bond acceptors (Lipinski definition) is 4. The molecule has 0 bridgehead atoms. The predicted molar refractivity (Wildman–Crippen MR) is 70.2 cm³/mol. The topological polar surface area (TPSA) is 67.9 Å². The van der Waals surface area contributed by atoms with Crippen LogP contribution in [0.2, 0.25) is 0 Å². The lowest BCUT2D eigenvalue weighted by Crippen LogP contribution is -2.18. The molecular weight excluding hydrogens is 242 g/mol. The van der Waals surface area contributed by atoms with Gasteiger partial charge < -0.3 is 4.74 Å². The summed E-state index contributed by atoms with van der Waals surface area (Å²) < 4.78 is 6.64. The highest BCUT2D eigenvalue weighted by Gasteiger charge is 2.22. The van der Waals surface area contributed by atoms with Gasteiger partial charge >= 0.3 is 5.97 Å². The van der Waals surface area contributed by atoms with Gasteiger partial charge in [-0.05, 0) is 13.0 Å². The highest BCUT2D eigenvalue weighted by atomic mass is 16.5. The van der Waals surface area contributed by atoms with Gasteiger partial charge in [-0.3, -0.25) is 9.48 Å². The summed E-state index contributed by atoms with van der Waals surface area (Å²) in [5.74, 6) is -1.29. The van der Waals surface area contributed by atoms with E-state index in [0.717, 1.165) is 16.6 Å². The zero-order valence-corrected chi connectivity index (χ0v) is 11.0. The Balaban J connectivity index is 2.30. The number of hydrogen-bond donors (Lipinski definition) is 0. The number of nitriles is 1. The van der Waals surface area contributed by atoms with Crippen LogP contribution < -0.4 is 0 Å². The van der Waals surface area contributed by atoms with E-state index >= 15 is 0 Å². The van der Waals surface area contributed by atoms with Crippen LogP contribution in [0.3, 0.4) is 0 Å². The normalized spacial score (nSPS) is 12.1. The number of benzene rings is 1. The van der Waals surface area contributed by atoms with Crippen LogP contribution in [0.25, 0.3) is 10.9 Å². The van der Waals surface area contributed by atoms with Crippen molar-refractivity contribution in [2.24, 2.45) is 13.0 Å². The number of carbonyl (C=O) groups excluding carboxylic acids is 1. The van der Waals surface area contributed by atoms with Crippen molar-refractivity contribution in [3.63, 3.8) is 0 Å². The Labute approximate surface area is 111 Å². The average Bonchev–Trinajstić information content (AvgIpc) is 2.73. The van der Waals surface area contributed by atoms with Gasteiger partial charge in [-0.1, -0.05) is 18.2 Å². The molecule has 1 aromatic carbocycles. The lowest BCUT2D eigenvalue weighted by molar-refractivity contribution is -0.145. The minimum atomic E-state index is -0.807. The molecule has 0 amide bonds. The van der Waals surface area contributed by atoms with Crippen molar-refractivity contribution < 1.29 is 9.53 Å². The molecule has 1 atom stereocenters. The van der Waals surface area contributed by atoms with Crippen molar-refractivity contribution >= 4 is 16.9 Å². The van der Waals surface area contributed by atoms with E-state index in [0.29, 0.717) is 0 Å². The van der Waals surface area contributed by atoms with Crippen LogP contribution in [0.4, 0.5) is 0 Å². The Hall–Kier alpha value is -2.35. The largest absolute Gasteiger partial charge is 0.465 e. The summed E-state index contributed by atoms with van der Waals surface area (Å²) in [6.45, 7) is 2.00. The third-order valence-corrected chi connectivity index (χ3v) is 2.96. The molecule has 0 saturated carbocycles. The minimum Gasteiger partial charge on any atom is -0.465 e. The molecule has 0 aliphatic carbocycles. The van der Waals surface area contributed by atoms with E-state index in [2.05, 4.69) is 5.10 Å². The quantitative estimate of drug-likeness (QED) is 0.783. The van der Waals surface area contributed by atoms with E-state index in [9.17, 15) is 4.79 Å².